The number of carbonyl (C=O) groups is 1. The summed E-state index contributed by atoms with van der Waals surface area (Å²) in [6.07, 6.45) is 0.301. The molecule has 3 aliphatic rings. The highest BCUT2D eigenvalue weighted by Crippen LogP contribution is 2.31. The first-order valence-corrected chi connectivity index (χ1v) is 11.2. The number of likely N-dealkylation sites (tertiary alicyclic amines) is 2. The van der Waals surface area contributed by atoms with Gasteiger partial charge in [0.1, 0.15) is 0 Å². The van der Waals surface area contributed by atoms with Crippen molar-refractivity contribution >= 4 is 46.2 Å². The number of rotatable bonds is 2. The fourth-order valence-corrected chi connectivity index (χ4v) is 5.29. The summed E-state index contributed by atoms with van der Waals surface area (Å²) in [5.41, 5.74) is 3.24. The van der Waals surface area contributed by atoms with Crippen LogP contribution in [0.5, 0.6) is 0 Å². The van der Waals surface area contributed by atoms with E-state index in [9.17, 15) is 4.79 Å². The summed E-state index contributed by atoms with van der Waals surface area (Å²) in [6.45, 7) is 1.88. The van der Waals surface area contributed by atoms with Crippen LogP contribution in [0, 0.1) is 0 Å². The second-order valence-corrected chi connectivity index (χ2v) is 9.21. The van der Waals surface area contributed by atoms with Crippen molar-refractivity contribution < 1.29 is 4.79 Å². The number of amides is 1. The number of carbonyl (C=O) groups excluding carboxylic acids is 1. The van der Waals surface area contributed by atoms with E-state index < -0.39 is 6.17 Å². The Kier molecular flexibility index (Phi) is 5.20. The highest BCUT2D eigenvalue weighted by molar-refractivity contribution is 7.80. The van der Waals surface area contributed by atoms with E-state index in [1.807, 2.05) is 42.5 Å². The Bertz CT molecular complexity index is 1070. The Balaban J connectivity index is 1.51. The molecule has 1 amide bonds. The summed E-state index contributed by atoms with van der Waals surface area (Å²) >= 11 is 12.0. The van der Waals surface area contributed by atoms with Gasteiger partial charge in [0.05, 0.1) is 11.4 Å². The van der Waals surface area contributed by atoms with Gasteiger partial charge in [-0.1, -0.05) is 41.9 Å². The smallest absolute Gasteiger partial charge is 0.272 e. The van der Waals surface area contributed by atoms with Crippen molar-refractivity contribution in [2.24, 2.45) is 4.99 Å². The van der Waals surface area contributed by atoms with Gasteiger partial charge < -0.3 is 15.1 Å². The van der Waals surface area contributed by atoms with Crippen molar-refractivity contribution in [2.75, 3.05) is 32.1 Å². The van der Waals surface area contributed by atoms with Gasteiger partial charge >= 0.3 is 0 Å². The van der Waals surface area contributed by atoms with Crippen LogP contribution >= 0.6 is 23.8 Å². The van der Waals surface area contributed by atoms with Gasteiger partial charge in [0.15, 0.2) is 5.11 Å². The molecule has 2 fully saturated rings. The van der Waals surface area contributed by atoms with Crippen LogP contribution in [-0.4, -0.2) is 72.0 Å². The van der Waals surface area contributed by atoms with Crippen molar-refractivity contribution in [3.8, 4) is 0 Å². The molecule has 3 unspecified atom stereocenters. The van der Waals surface area contributed by atoms with Gasteiger partial charge in [-0.15, -0.1) is 0 Å². The number of hydrogen-bond acceptors (Lipinski definition) is 4. The molecule has 0 aliphatic carbocycles. The van der Waals surface area contributed by atoms with Gasteiger partial charge in [-0.2, -0.15) is 0 Å². The minimum Gasteiger partial charge on any atom is -0.343 e. The lowest BCUT2D eigenvalue weighted by Gasteiger charge is -2.34. The van der Waals surface area contributed by atoms with Gasteiger partial charge in [0.25, 0.3) is 5.91 Å². The highest BCUT2D eigenvalue weighted by atomic mass is 35.5. The van der Waals surface area contributed by atoms with E-state index in [1.165, 1.54) is 0 Å². The maximum atomic E-state index is 13.4. The maximum Gasteiger partial charge on any atom is 0.272 e. The molecule has 0 aromatic heterocycles. The molecule has 2 aromatic carbocycles. The van der Waals surface area contributed by atoms with Gasteiger partial charge in [-0.25, -0.2) is 4.99 Å². The van der Waals surface area contributed by atoms with Gasteiger partial charge in [-0.3, -0.25) is 9.69 Å². The predicted molar refractivity (Wildman–Crippen MR) is 128 cm³/mol. The van der Waals surface area contributed by atoms with Crippen LogP contribution in [-0.2, 0) is 4.79 Å². The number of fused-ring (bicyclic) bond motifs is 3. The van der Waals surface area contributed by atoms with Crippen molar-refractivity contribution in [1.29, 1.82) is 0 Å². The van der Waals surface area contributed by atoms with E-state index in [0.29, 0.717) is 22.2 Å². The molecule has 3 atom stereocenters. The number of piperazine rings is 1. The molecule has 2 aromatic rings. The zero-order chi connectivity index (χ0) is 21.7. The third-order valence-electron chi connectivity index (χ3n) is 6.48. The number of hydrogen-bond donors (Lipinski definition) is 1. The van der Waals surface area contributed by atoms with Crippen molar-refractivity contribution in [2.45, 2.75) is 24.7 Å². The monoisotopic (exact) mass is 453 g/mol. The quantitative estimate of drug-likeness (QED) is 0.708. The lowest BCUT2D eigenvalue weighted by molar-refractivity contribution is -0.119. The predicted octanol–water partition coefficient (Wildman–Crippen LogP) is 2.74. The summed E-state index contributed by atoms with van der Waals surface area (Å²) in [4.78, 5) is 24.5. The SMILES string of the molecule is CN1C(=O)C(NC(=S)N2CC3CC2CN3C)N=C(c2ccccc2)c2cc(Cl)ccc21. The number of likely N-dealkylation sites (N-methyl/N-ethyl adjacent to an activating group) is 2. The van der Waals surface area contributed by atoms with Crippen LogP contribution < -0.4 is 10.2 Å². The summed E-state index contributed by atoms with van der Waals surface area (Å²) < 4.78 is 0. The van der Waals surface area contributed by atoms with Crippen LogP contribution in [0.2, 0.25) is 5.02 Å². The van der Waals surface area contributed by atoms with Gasteiger partial charge in [0, 0.05) is 48.4 Å². The Labute approximate surface area is 192 Å². The molecule has 160 valence electrons. The standard InChI is InChI=1S/C23H24ClN5OS/c1-27-12-17-11-16(27)13-29(17)23(31)26-21-22(30)28(2)19-9-8-15(24)10-18(19)20(25-21)14-6-4-3-5-7-14/h3-10,16-17,21H,11-13H2,1-2H3,(H,26,31). The van der Waals surface area contributed by atoms with Crippen molar-refractivity contribution in [3.05, 3.63) is 64.7 Å². The molecule has 2 bridgehead atoms. The maximum absolute atomic E-state index is 13.4. The minimum absolute atomic E-state index is 0.154. The zero-order valence-corrected chi connectivity index (χ0v) is 19.0. The number of nitrogens with zero attached hydrogens (tertiary/aromatic N) is 4. The average Bonchev–Trinajstić information content (AvgIpc) is 3.33. The summed E-state index contributed by atoms with van der Waals surface area (Å²) in [5, 5.41) is 4.45. The molecule has 3 heterocycles. The van der Waals surface area contributed by atoms with Crippen LogP contribution in [0.15, 0.2) is 53.5 Å². The molecule has 0 saturated carbocycles. The molecular formula is C23H24ClN5OS. The van der Waals surface area contributed by atoms with Crippen LogP contribution in [0.3, 0.4) is 0 Å². The Morgan fingerprint density at radius 3 is 2.58 bits per heavy atom. The number of thiocarbonyl (C=S) groups is 1. The van der Waals surface area contributed by atoms with E-state index in [4.69, 9.17) is 28.8 Å². The molecule has 8 heteroatoms. The fraction of sp³-hybridized carbons (Fsp3) is 0.348. The Hall–Kier alpha value is -2.48. The Morgan fingerprint density at radius 2 is 1.90 bits per heavy atom. The molecule has 0 spiro atoms. The summed E-state index contributed by atoms with van der Waals surface area (Å²) in [6, 6.07) is 16.3. The summed E-state index contributed by atoms with van der Waals surface area (Å²) in [5.74, 6) is -0.154. The molecular weight excluding hydrogens is 430 g/mol. The topological polar surface area (TPSA) is 51.2 Å². The minimum atomic E-state index is -0.810. The van der Waals surface area contributed by atoms with E-state index >= 15 is 0 Å². The number of aliphatic imine (C=N–C) groups is 1. The molecule has 0 radical (unpaired) electrons. The van der Waals surface area contributed by atoms with Crippen molar-refractivity contribution in [3.63, 3.8) is 0 Å². The molecule has 5 rings (SSSR count). The van der Waals surface area contributed by atoms with E-state index in [2.05, 4.69) is 22.2 Å². The first-order valence-electron chi connectivity index (χ1n) is 10.4. The van der Waals surface area contributed by atoms with Crippen LogP contribution in [0.4, 0.5) is 5.69 Å². The number of nitrogens with one attached hydrogen (secondary N) is 1. The normalized spacial score (nSPS) is 25.3. The highest BCUT2D eigenvalue weighted by Gasteiger charge is 2.43. The van der Waals surface area contributed by atoms with Crippen LogP contribution in [0.25, 0.3) is 0 Å². The van der Waals surface area contributed by atoms with Crippen LogP contribution in [0.1, 0.15) is 17.5 Å². The zero-order valence-electron chi connectivity index (χ0n) is 17.5. The first kappa shape index (κ1) is 20.4. The molecule has 6 nitrogen and oxygen atoms in total. The van der Waals surface area contributed by atoms with Crippen molar-refractivity contribution in [1.82, 2.24) is 15.1 Å². The van der Waals surface area contributed by atoms with Gasteiger partial charge in [-0.05, 0) is 43.9 Å². The fourth-order valence-electron chi connectivity index (χ4n) is 4.78. The number of benzodiazepines with no additional fused rings is 1. The second-order valence-electron chi connectivity index (χ2n) is 8.39. The van der Waals surface area contributed by atoms with E-state index in [-0.39, 0.29) is 5.91 Å². The molecule has 1 N–H and O–H groups in total. The third-order valence-corrected chi connectivity index (χ3v) is 7.07. The first-order chi connectivity index (χ1) is 14.9. The Morgan fingerprint density at radius 1 is 1.13 bits per heavy atom. The number of anilines is 1. The lowest BCUT2D eigenvalue weighted by atomic mass is 10.0. The molecule has 31 heavy (non-hydrogen) atoms. The number of benzene rings is 2. The summed E-state index contributed by atoms with van der Waals surface area (Å²) in [7, 11) is 3.92. The average molecular weight is 454 g/mol. The largest absolute Gasteiger partial charge is 0.343 e. The third kappa shape index (κ3) is 3.60. The van der Waals surface area contributed by atoms with E-state index in [1.54, 1.807) is 18.0 Å². The number of halogens is 1. The second kappa shape index (κ2) is 7.89. The van der Waals surface area contributed by atoms with Gasteiger partial charge in [0.2, 0.25) is 6.17 Å². The molecule has 3 aliphatic heterocycles. The lowest BCUT2D eigenvalue weighted by Crippen LogP contribution is -2.55. The molecule has 2 saturated heterocycles. The van der Waals surface area contributed by atoms with E-state index in [0.717, 1.165) is 42.0 Å².